The van der Waals surface area contributed by atoms with Crippen LogP contribution in [0.1, 0.15) is 19.4 Å². The lowest BCUT2D eigenvalue weighted by molar-refractivity contribution is 0.446. The van der Waals surface area contributed by atoms with Gasteiger partial charge in [-0.1, -0.05) is 37.2 Å². The Bertz CT molecular complexity index is 938. The Morgan fingerprint density at radius 2 is 2.17 bits per heavy atom. The molecule has 0 aliphatic rings. The number of phenols is 1. The number of fused-ring (bicyclic) bond motifs is 1. The number of hydrogen-bond donors (Lipinski definition) is 1. The van der Waals surface area contributed by atoms with Gasteiger partial charge >= 0.3 is 5.63 Å². The van der Waals surface area contributed by atoms with Gasteiger partial charge in [-0.15, -0.1) is 5.10 Å². The third-order valence-corrected chi connectivity index (χ3v) is 4.60. The van der Waals surface area contributed by atoms with Crippen LogP contribution in [0, 0.1) is 5.92 Å². The Morgan fingerprint density at radius 1 is 1.38 bits per heavy atom. The summed E-state index contributed by atoms with van der Waals surface area (Å²) >= 11 is 7.39. The normalized spacial score (nSPS) is 11.5. The maximum absolute atomic E-state index is 11.7. The lowest BCUT2D eigenvalue weighted by Gasteiger charge is -2.08. The molecule has 0 saturated carbocycles. The van der Waals surface area contributed by atoms with Gasteiger partial charge in [0.25, 0.3) is 0 Å². The number of tetrazole rings is 1. The minimum absolute atomic E-state index is 0.127. The van der Waals surface area contributed by atoms with Gasteiger partial charge in [0, 0.05) is 29.8 Å². The zero-order chi connectivity index (χ0) is 17.3. The molecule has 0 radical (unpaired) electrons. The number of hydrogen-bond acceptors (Lipinski definition) is 7. The molecule has 3 aromatic rings. The second-order valence-corrected chi connectivity index (χ2v) is 7.07. The summed E-state index contributed by atoms with van der Waals surface area (Å²) in [5.74, 6) is 0.763. The standard InChI is InChI=1S/C15H15ClN4O3S/c1-8(2)6-20-15(17-18-19-20)24-7-9-3-14(22)23-13-5-12(21)11(16)4-10(9)13/h3-5,8,21H,6-7H2,1-2H3. The minimum Gasteiger partial charge on any atom is -0.506 e. The predicted molar refractivity (Wildman–Crippen MR) is 91.4 cm³/mol. The Labute approximate surface area is 146 Å². The van der Waals surface area contributed by atoms with Crippen LogP contribution < -0.4 is 5.63 Å². The Hall–Kier alpha value is -2.06. The SMILES string of the molecule is CC(C)Cn1nnnc1SCc1cc(=O)oc2cc(O)c(Cl)cc12. The molecule has 0 atom stereocenters. The molecule has 0 amide bonds. The summed E-state index contributed by atoms with van der Waals surface area (Å²) in [6, 6.07) is 4.34. The molecule has 2 heterocycles. The lowest BCUT2D eigenvalue weighted by atomic mass is 10.1. The van der Waals surface area contributed by atoms with E-state index in [1.165, 1.54) is 23.9 Å². The second kappa shape index (κ2) is 6.82. The van der Waals surface area contributed by atoms with Gasteiger partial charge in [-0.25, -0.2) is 9.48 Å². The van der Waals surface area contributed by atoms with Gasteiger partial charge in [0.05, 0.1) is 5.02 Å². The quantitative estimate of drug-likeness (QED) is 0.547. The molecule has 0 fully saturated rings. The van der Waals surface area contributed by atoms with Gasteiger partial charge in [-0.2, -0.15) is 0 Å². The maximum Gasteiger partial charge on any atom is 0.336 e. The van der Waals surface area contributed by atoms with Crippen molar-refractivity contribution in [3.63, 3.8) is 0 Å². The van der Waals surface area contributed by atoms with Crippen molar-refractivity contribution in [1.29, 1.82) is 0 Å². The number of thioether (sulfide) groups is 1. The van der Waals surface area contributed by atoms with Crippen molar-refractivity contribution in [3.05, 3.63) is 39.2 Å². The number of phenolic OH excluding ortho intramolecular Hbond substituents is 1. The Morgan fingerprint density at radius 3 is 2.92 bits per heavy atom. The van der Waals surface area contributed by atoms with Crippen LogP contribution >= 0.6 is 23.4 Å². The highest BCUT2D eigenvalue weighted by molar-refractivity contribution is 7.98. The molecule has 7 nitrogen and oxygen atoms in total. The van der Waals surface area contributed by atoms with Crippen LogP contribution in [0.3, 0.4) is 0 Å². The van der Waals surface area contributed by atoms with Gasteiger partial charge in [-0.05, 0) is 28.0 Å². The third-order valence-electron chi connectivity index (χ3n) is 3.29. The van der Waals surface area contributed by atoms with E-state index in [1.54, 1.807) is 10.7 Å². The van der Waals surface area contributed by atoms with E-state index in [1.807, 2.05) is 0 Å². The van der Waals surface area contributed by atoms with E-state index in [-0.39, 0.29) is 10.8 Å². The molecule has 3 rings (SSSR count). The van der Waals surface area contributed by atoms with Gasteiger partial charge in [0.2, 0.25) is 5.16 Å². The number of aromatic hydroxyl groups is 1. The molecule has 0 spiro atoms. The third kappa shape index (κ3) is 3.54. The Balaban J connectivity index is 1.92. The number of benzene rings is 1. The first-order chi connectivity index (χ1) is 11.4. The van der Waals surface area contributed by atoms with Gasteiger partial charge in [-0.3, -0.25) is 0 Å². The minimum atomic E-state index is -0.485. The van der Waals surface area contributed by atoms with Crippen molar-refractivity contribution in [2.75, 3.05) is 0 Å². The highest BCUT2D eigenvalue weighted by Gasteiger charge is 2.13. The van der Waals surface area contributed by atoms with Gasteiger partial charge < -0.3 is 9.52 Å². The summed E-state index contributed by atoms with van der Waals surface area (Å²) in [5.41, 5.74) is 0.551. The molecule has 1 N–H and O–H groups in total. The van der Waals surface area contributed by atoms with Crippen LogP contribution in [0.5, 0.6) is 5.75 Å². The van der Waals surface area contributed by atoms with Crippen LogP contribution in [0.4, 0.5) is 0 Å². The molecule has 0 bridgehead atoms. The summed E-state index contributed by atoms with van der Waals surface area (Å²) < 4.78 is 6.86. The molecule has 1 aromatic carbocycles. The van der Waals surface area contributed by atoms with Crippen molar-refractivity contribution in [2.24, 2.45) is 5.92 Å². The zero-order valence-corrected chi connectivity index (χ0v) is 14.6. The fourth-order valence-electron chi connectivity index (χ4n) is 2.26. The first kappa shape index (κ1) is 16.8. The Kier molecular flexibility index (Phi) is 4.77. The van der Waals surface area contributed by atoms with E-state index in [9.17, 15) is 9.90 Å². The molecule has 24 heavy (non-hydrogen) atoms. The topological polar surface area (TPSA) is 94.0 Å². The maximum atomic E-state index is 11.7. The lowest BCUT2D eigenvalue weighted by Crippen LogP contribution is -2.08. The van der Waals surface area contributed by atoms with E-state index in [0.29, 0.717) is 34.3 Å². The molecule has 9 heteroatoms. The summed E-state index contributed by atoms with van der Waals surface area (Å²) in [6.07, 6.45) is 0. The molecule has 2 aromatic heterocycles. The highest BCUT2D eigenvalue weighted by Crippen LogP contribution is 2.32. The summed E-state index contributed by atoms with van der Waals surface area (Å²) in [6.45, 7) is 4.88. The molecule has 0 aliphatic carbocycles. The van der Waals surface area contributed by atoms with Crippen LogP contribution in [-0.2, 0) is 12.3 Å². The van der Waals surface area contributed by atoms with Crippen LogP contribution in [0.15, 0.2) is 32.6 Å². The average molecular weight is 367 g/mol. The summed E-state index contributed by atoms with van der Waals surface area (Å²) in [5, 5.41) is 22.9. The van der Waals surface area contributed by atoms with Crippen molar-refractivity contribution in [2.45, 2.75) is 31.3 Å². The van der Waals surface area contributed by atoms with Crippen LogP contribution in [0.2, 0.25) is 5.02 Å². The molecule has 0 saturated heterocycles. The van der Waals surface area contributed by atoms with E-state index in [2.05, 4.69) is 29.4 Å². The zero-order valence-electron chi connectivity index (χ0n) is 13.1. The fraction of sp³-hybridized carbons (Fsp3) is 0.333. The molecule has 0 unspecified atom stereocenters. The number of nitrogens with zero attached hydrogens (tertiary/aromatic N) is 4. The smallest absolute Gasteiger partial charge is 0.336 e. The second-order valence-electron chi connectivity index (χ2n) is 5.72. The van der Waals surface area contributed by atoms with E-state index < -0.39 is 5.63 Å². The van der Waals surface area contributed by atoms with Crippen molar-refractivity contribution < 1.29 is 9.52 Å². The van der Waals surface area contributed by atoms with E-state index in [4.69, 9.17) is 16.0 Å². The first-order valence-corrected chi connectivity index (χ1v) is 8.64. The largest absolute Gasteiger partial charge is 0.506 e. The number of halogens is 1. The first-order valence-electron chi connectivity index (χ1n) is 7.28. The van der Waals surface area contributed by atoms with Crippen molar-refractivity contribution >= 4 is 34.3 Å². The van der Waals surface area contributed by atoms with E-state index >= 15 is 0 Å². The number of rotatable bonds is 5. The monoisotopic (exact) mass is 366 g/mol. The molecular weight excluding hydrogens is 352 g/mol. The predicted octanol–water partition coefficient (Wildman–Crippen LogP) is 3.09. The van der Waals surface area contributed by atoms with E-state index in [0.717, 1.165) is 5.56 Å². The van der Waals surface area contributed by atoms with Crippen LogP contribution in [0.25, 0.3) is 11.0 Å². The molecule has 0 aliphatic heterocycles. The van der Waals surface area contributed by atoms with Crippen LogP contribution in [-0.4, -0.2) is 25.3 Å². The molecule has 126 valence electrons. The summed E-state index contributed by atoms with van der Waals surface area (Å²) in [4.78, 5) is 11.7. The summed E-state index contributed by atoms with van der Waals surface area (Å²) in [7, 11) is 0. The van der Waals surface area contributed by atoms with Gasteiger partial charge in [0.1, 0.15) is 11.3 Å². The van der Waals surface area contributed by atoms with Crippen molar-refractivity contribution in [1.82, 2.24) is 20.2 Å². The molecular formula is C15H15ClN4O3S. The number of aromatic nitrogens is 4. The average Bonchev–Trinajstić information content (AvgIpc) is 2.93. The fourth-order valence-corrected chi connectivity index (χ4v) is 3.30. The van der Waals surface area contributed by atoms with Crippen molar-refractivity contribution in [3.8, 4) is 5.75 Å². The van der Waals surface area contributed by atoms with Gasteiger partial charge in [0.15, 0.2) is 0 Å². The highest BCUT2D eigenvalue weighted by atomic mass is 35.5.